The summed E-state index contributed by atoms with van der Waals surface area (Å²) in [6.45, 7) is 0.622. The van der Waals surface area contributed by atoms with Crippen LogP contribution in [0.5, 0.6) is 23.0 Å². The van der Waals surface area contributed by atoms with E-state index in [1.165, 1.54) is 6.20 Å². The van der Waals surface area contributed by atoms with Crippen LogP contribution in [0.4, 0.5) is 5.95 Å². The Morgan fingerprint density at radius 3 is 2.71 bits per heavy atom. The second kappa shape index (κ2) is 8.77. The van der Waals surface area contributed by atoms with Gasteiger partial charge in [-0.15, -0.1) is 0 Å². The Kier molecular flexibility index (Phi) is 5.50. The third kappa shape index (κ3) is 3.87. The Balaban J connectivity index is 1.36. The van der Waals surface area contributed by atoms with Crippen LogP contribution < -0.4 is 35.5 Å². The van der Waals surface area contributed by atoms with E-state index < -0.39 is 11.2 Å². The first kappa shape index (κ1) is 21.3. The maximum atomic E-state index is 13.0. The van der Waals surface area contributed by atoms with E-state index in [1.54, 1.807) is 32.4 Å². The lowest BCUT2D eigenvalue weighted by atomic mass is 10.1. The molecule has 0 unspecified atom stereocenters. The molecule has 0 fully saturated rings. The van der Waals surface area contributed by atoms with E-state index in [4.69, 9.17) is 18.9 Å². The summed E-state index contributed by atoms with van der Waals surface area (Å²) in [5.41, 5.74) is 0.386. The minimum atomic E-state index is -0.619. The van der Waals surface area contributed by atoms with Crippen molar-refractivity contribution < 1.29 is 18.9 Å². The van der Waals surface area contributed by atoms with Gasteiger partial charge in [-0.05, 0) is 36.2 Å². The summed E-state index contributed by atoms with van der Waals surface area (Å²) in [4.78, 5) is 36.9. The lowest BCUT2D eigenvalue weighted by Gasteiger charge is -2.10. The quantitative estimate of drug-likeness (QED) is 0.422. The van der Waals surface area contributed by atoms with Crippen molar-refractivity contribution in [3.05, 3.63) is 69.0 Å². The molecule has 11 nitrogen and oxygen atoms in total. The highest BCUT2D eigenvalue weighted by atomic mass is 16.7. The van der Waals surface area contributed by atoms with Crippen molar-refractivity contribution in [1.29, 1.82) is 0 Å². The van der Waals surface area contributed by atoms with Crippen LogP contribution in [0.15, 0.2) is 52.2 Å². The molecular formula is C23H21N5O6. The number of ether oxygens (including phenoxy) is 4. The molecule has 3 heterocycles. The Morgan fingerprint density at radius 1 is 1.06 bits per heavy atom. The molecule has 11 heteroatoms. The summed E-state index contributed by atoms with van der Waals surface area (Å²) in [6.07, 6.45) is 2.06. The van der Waals surface area contributed by atoms with Crippen molar-refractivity contribution >= 4 is 17.0 Å². The van der Waals surface area contributed by atoms with E-state index in [2.05, 4.69) is 20.3 Å². The number of H-pyrrole nitrogens is 1. The van der Waals surface area contributed by atoms with E-state index in [0.29, 0.717) is 47.6 Å². The lowest BCUT2D eigenvalue weighted by molar-refractivity contribution is 0.174. The number of nitrogens with one attached hydrogen (secondary N) is 2. The Morgan fingerprint density at radius 2 is 1.88 bits per heavy atom. The molecule has 0 spiro atoms. The summed E-state index contributed by atoms with van der Waals surface area (Å²) < 4.78 is 22.2. The molecule has 34 heavy (non-hydrogen) atoms. The number of hydrogen-bond acceptors (Lipinski definition) is 9. The topological polar surface area (TPSA) is 130 Å². The predicted octanol–water partition coefficient (Wildman–Crippen LogP) is 1.87. The average molecular weight is 463 g/mol. The third-order valence-electron chi connectivity index (χ3n) is 5.41. The Labute approximate surface area is 192 Å². The number of fused-ring (bicyclic) bond motifs is 2. The molecule has 2 N–H and O–H groups in total. The number of aromatic nitrogens is 4. The number of rotatable bonds is 7. The second-order valence-electron chi connectivity index (χ2n) is 7.43. The Bertz CT molecular complexity index is 1500. The van der Waals surface area contributed by atoms with Gasteiger partial charge in [0.25, 0.3) is 5.56 Å². The van der Waals surface area contributed by atoms with Crippen molar-refractivity contribution in [3.63, 3.8) is 0 Å². The standard InChI is InChI=1S/C23H21N5O6/c1-31-16-5-3-13(9-18(16)32-2)7-8-24-22-25-11-15-20(26-22)27-23(30)28(21(15)29)14-4-6-17-19(10-14)34-12-33-17/h3-6,9-11H,7-8,12H2,1-2H3,(H2,24,25,26,27,30). The van der Waals surface area contributed by atoms with Gasteiger partial charge in [0.15, 0.2) is 28.6 Å². The average Bonchev–Trinajstić information content (AvgIpc) is 3.32. The van der Waals surface area contributed by atoms with Crippen LogP contribution in [0.3, 0.4) is 0 Å². The minimum absolute atomic E-state index is 0.0946. The lowest BCUT2D eigenvalue weighted by Crippen LogP contribution is -2.34. The molecule has 0 amide bonds. The minimum Gasteiger partial charge on any atom is -0.493 e. The van der Waals surface area contributed by atoms with Crippen molar-refractivity contribution in [2.24, 2.45) is 0 Å². The van der Waals surface area contributed by atoms with Crippen LogP contribution >= 0.6 is 0 Å². The third-order valence-corrected chi connectivity index (χ3v) is 5.41. The number of benzene rings is 2. The maximum Gasteiger partial charge on any atom is 0.334 e. The van der Waals surface area contributed by atoms with Gasteiger partial charge in [-0.3, -0.25) is 9.78 Å². The molecule has 0 saturated heterocycles. The zero-order chi connectivity index (χ0) is 23.7. The number of aromatic amines is 1. The van der Waals surface area contributed by atoms with Crippen LogP contribution in [-0.2, 0) is 6.42 Å². The first-order chi connectivity index (χ1) is 16.6. The van der Waals surface area contributed by atoms with Gasteiger partial charge < -0.3 is 24.3 Å². The predicted molar refractivity (Wildman–Crippen MR) is 124 cm³/mol. The highest BCUT2D eigenvalue weighted by molar-refractivity contribution is 5.73. The monoisotopic (exact) mass is 463 g/mol. The molecule has 174 valence electrons. The van der Waals surface area contributed by atoms with E-state index in [1.807, 2.05) is 18.2 Å². The van der Waals surface area contributed by atoms with Crippen molar-refractivity contribution in [1.82, 2.24) is 19.5 Å². The first-order valence-electron chi connectivity index (χ1n) is 10.4. The van der Waals surface area contributed by atoms with E-state index in [0.717, 1.165) is 10.1 Å². The van der Waals surface area contributed by atoms with Gasteiger partial charge in [-0.1, -0.05) is 6.07 Å². The first-order valence-corrected chi connectivity index (χ1v) is 10.4. The van der Waals surface area contributed by atoms with Gasteiger partial charge in [-0.2, -0.15) is 4.98 Å². The van der Waals surface area contributed by atoms with Gasteiger partial charge in [-0.25, -0.2) is 14.3 Å². The van der Waals surface area contributed by atoms with E-state index in [9.17, 15) is 9.59 Å². The summed E-state index contributed by atoms with van der Waals surface area (Å²) in [5, 5.41) is 3.29. The van der Waals surface area contributed by atoms with Crippen LogP contribution in [0.1, 0.15) is 5.56 Å². The fourth-order valence-corrected chi connectivity index (χ4v) is 3.70. The highest BCUT2D eigenvalue weighted by Gasteiger charge is 2.17. The number of anilines is 1. The van der Waals surface area contributed by atoms with Gasteiger partial charge in [0.2, 0.25) is 12.7 Å². The van der Waals surface area contributed by atoms with Crippen LogP contribution in [0.2, 0.25) is 0 Å². The molecule has 1 aliphatic rings. The summed E-state index contributed by atoms with van der Waals surface area (Å²) >= 11 is 0. The van der Waals surface area contributed by atoms with E-state index >= 15 is 0 Å². The van der Waals surface area contributed by atoms with Crippen LogP contribution in [-0.4, -0.2) is 47.1 Å². The maximum absolute atomic E-state index is 13.0. The second-order valence-corrected chi connectivity index (χ2v) is 7.43. The summed E-state index contributed by atoms with van der Waals surface area (Å²) in [6, 6.07) is 10.5. The van der Waals surface area contributed by atoms with Gasteiger partial charge in [0.1, 0.15) is 5.39 Å². The van der Waals surface area contributed by atoms with Crippen LogP contribution in [0.25, 0.3) is 16.7 Å². The molecule has 5 rings (SSSR count). The molecule has 0 aliphatic carbocycles. The molecule has 0 bridgehead atoms. The fraction of sp³-hybridized carbons (Fsp3) is 0.217. The molecular weight excluding hydrogens is 442 g/mol. The normalized spacial score (nSPS) is 12.1. The molecule has 1 aliphatic heterocycles. The molecule has 2 aromatic carbocycles. The van der Waals surface area contributed by atoms with Crippen LogP contribution in [0, 0.1) is 0 Å². The molecule has 0 radical (unpaired) electrons. The van der Waals surface area contributed by atoms with Crippen molar-refractivity contribution in [2.45, 2.75) is 6.42 Å². The largest absolute Gasteiger partial charge is 0.493 e. The van der Waals surface area contributed by atoms with Gasteiger partial charge in [0, 0.05) is 18.8 Å². The number of hydrogen-bond donors (Lipinski definition) is 2. The van der Waals surface area contributed by atoms with Crippen molar-refractivity contribution in [2.75, 3.05) is 32.9 Å². The smallest absolute Gasteiger partial charge is 0.334 e. The zero-order valence-corrected chi connectivity index (χ0v) is 18.5. The SMILES string of the molecule is COc1ccc(CCNc2ncc3c(=O)n(-c4ccc5c(c4)OCO5)c(=O)[nH]c3n2)cc1OC. The summed E-state index contributed by atoms with van der Waals surface area (Å²) in [5.74, 6) is 2.63. The number of methoxy groups -OCH3 is 2. The molecule has 0 atom stereocenters. The highest BCUT2D eigenvalue weighted by Crippen LogP contribution is 2.33. The fourth-order valence-electron chi connectivity index (χ4n) is 3.70. The molecule has 0 saturated carbocycles. The molecule has 2 aromatic heterocycles. The number of nitrogens with zero attached hydrogens (tertiary/aromatic N) is 3. The summed E-state index contributed by atoms with van der Waals surface area (Å²) in [7, 11) is 3.18. The Hall–Kier alpha value is -4.54. The van der Waals surface area contributed by atoms with Crippen molar-refractivity contribution in [3.8, 4) is 28.7 Å². The molecule has 4 aromatic rings. The van der Waals surface area contributed by atoms with E-state index in [-0.39, 0.29) is 17.8 Å². The van der Waals surface area contributed by atoms with Gasteiger partial charge >= 0.3 is 5.69 Å². The van der Waals surface area contributed by atoms with Gasteiger partial charge in [0.05, 0.1) is 19.9 Å². The zero-order valence-electron chi connectivity index (χ0n) is 18.5.